The quantitative estimate of drug-likeness (QED) is 0.700. The molecule has 15 heavy (non-hydrogen) atoms. The number of piperazine rings is 1. The number of hydrogen-bond acceptors (Lipinski definition) is 2. The zero-order valence-electron chi connectivity index (χ0n) is 10.2. The van der Waals surface area contributed by atoms with E-state index in [0.717, 1.165) is 13.1 Å². The highest BCUT2D eigenvalue weighted by Gasteiger charge is 2.39. The number of rotatable bonds is 2. The highest BCUT2D eigenvalue weighted by molar-refractivity contribution is 5.03. The van der Waals surface area contributed by atoms with Crippen LogP contribution in [0.5, 0.6) is 0 Å². The predicted octanol–water partition coefficient (Wildman–Crippen LogP) is 2.17. The minimum Gasteiger partial charge on any atom is -0.308 e. The third-order valence-electron chi connectivity index (χ3n) is 3.94. The summed E-state index contributed by atoms with van der Waals surface area (Å²) in [5.74, 6) is 0. The molecule has 1 N–H and O–H groups in total. The molecular weight excluding hydrogens is 184 g/mol. The minimum atomic E-state index is 0.446. The molecular formula is C13H24N2. The predicted molar refractivity (Wildman–Crippen MR) is 65.1 cm³/mol. The zero-order chi connectivity index (χ0) is 10.9. The van der Waals surface area contributed by atoms with Gasteiger partial charge in [0.15, 0.2) is 0 Å². The van der Waals surface area contributed by atoms with E-state index in [2.05, 4.69) is 30.6 Å². The van der Waals surface area contributed by atoms with Crippen molar-refractivity contribution in [3.05, 3.63) is 12.2 Å². The van der Waals surface area contributed by atoms with Crippen LogP contribution in [0.2, 0.25) is 0 Å². The van der Waals surface area contributed by atoms with Gasteiger partial charge >= 0.3 is 0 Å². The summed E-state index contributed by atoms with van der Waals surface area (Å²) in [6, 6.07) is 0.660. The van der Waals surface area contributed by atoms with Gasteiger partial charge in [0.25, 0.3) is 0 Å². The van der Waals surface area contributed by atoms with Gasteiger partial charge in [-0.3, -0.25) is 4.90 Å². The first-order valence-electron chi connectivity index (χ1n) is 6.25. The fourth-order valence-electron chi connectivity index (χ4n) is 3.04. The Labute approximate surface area is 93.7 Å². The second-order valence-electron chi connectivity index (χ2n) is 5.58. The van der Waals surface area contributed by atoms with Crippen molar-refractivity contribution >= 4 is 0 Å². The zero-order valence-corrected chi connectivity index (χ0v) is 10.2. The highest BCUT2D eigenvalue weighted by atomic mass is 15.2. The van der Waals surface area contributed by atoms with Crippen LogP contribution in [0.25, 0.3) is 0 Å². The molecule has 1 atom stereocenters. The summed E-state index contributed by atoms with van der Waals surface area (Å²) in [6.45, 7) is 11.9. The second-order valence-corrected chi connectivity index (χ2v) is 5.58. The molecule has 0 aromatic carbocycles. The lowest BCUT2D eigenvalue weighted by Crippen LogP contribution is -2.62. The molecule has 0 amide bonds. The molecule has 2 nitrogen and oxygen atoms in total. The van der Waals surface area contributed by atoms with E-state index in [1.54, 1.807) is 0 Å². The van der Waals surface area contributed by atoms with E-state index in [9.17, 15) is 0 Å². The Bertz CT molecular complexity index is 241. The molecule has 0 bridgehead atoms. The first-order chi connectivity index (χ1) is 7.11. The summed E-state index contributed by atoms with van der Waals surface area (Å²) in [4.78, 5) is 2.60. The van der Waals surface area contributed by atoms with Crippen molar-refractivity contribution in [3.8, 4) is 0 Å². The molecule has 2 fully saturated rings. The average molecular weight is 208 g/mol. The van der Waals surface area contributed by atoms with Gasteiger partial charge in [0, 0.05) is 31.2 Å². The molecule has 1 aliphatic heterocycles. The normalized spacial score (nSPS) is 30.9. The lowest BCUT2D eigenvalue weighted by molar-refractivity contribution is 0.0982. The Hall–Kier alpha value is -0.340. The maximum Gasteiger partial charge on any atom is 0.0309 e. The molecule has 2 aliphatic rings. The molecule has 86 valence electrons. The highest BCUT2D eigenvalue weighted by Crippen LogP contribution is 2.33. The Morgan fingerprint density at radius 1 is 1.47 bits per heavy atom. The molecule has 1 heterocycles. The molecule has 1 aliphatic carbocycles. The maximum absolute atomic E-state index is 4.04. The van der Waals surface area contributed by atoms with Crippen LogP contribution in [0.15, 0.2) is 12.2 Å². The Morgan fingerprint density at radius 3 is 2.73 bits per heavy atom. The first kappa shape index (κ1) is 11.2. The number of hydrogen-bond donors (Lipinski definition) is 1. The summed E-state index contributed by atoms with van der Waals surface area (Å²) in [7, 11) is 0. The smallest absolute Gasteiger partial charge is 0.0309 e. The Morgan fingerprint density at radius 2 is 2.13 bits per heavy atom. The fraction of sp³-hybridized carbons (Fsp3) is 0.846. The van der Waals surface area contributed by atoms with E-state index in [1.165, 1.54) is 37.8 Å². The summed E-state index contributed by atoms with van der Waals surface area (Å²) < 4.78 is 0. The fourth-order valence-corrected chi connectivity index (χ4v) is 3.04. The van der Waals surface area contributed by atoms with E-state index < -0.39 is 0 Å². The largest absolute Gasteiger partial charge is 0.308 e. The van der Waals surface area contributed by atoms with Crippen LogP contribution in [0.1, 0.15) is 39.5 Å². The van der Waals surface area contributed by atoms with E-state index in [4.69, 9.17) is 0 Å². The van der Waals surface area contributed by atoms with Gasteiger partial charge in [-0.1, -0.05) is 25.0 Å². The third-order valence-corrected chi connectivity index (χ3v) is 3.94. The van der Waals surface area contributed by atoms with Crippen molar-refractivity contribution in [1.82, 2.24) is 10.2 Å². The van der Waals surface area contributed by atoms with E-state index in [-0.39, 0.29) is 0 Å². The van der Waals surface area contributed by atoms with Crippen LogP contribution in [0.4, 0.5) is 0 Å². The van der Waals surface area contributed by atoms with Crippen LogP contribution in [-0.2, 0) is 0 Å². The monoisotopic (exact) mass is 208 g/mol. The van der Waals surface area contributed by atoms with Crippen LogP contribution >= 0.6 is 0 Å². The number of nitrogens with one attached hydrogen (secondary N) is 1. The van der Waals surface area contributed by atoms with Gasteiger partial charge in [0.05, 0.1) is 0 Å². The van der Waals surface area contributed by atoms with Gasteiger partial charge in [0.2, 0.25) is 0 Å². The second kappa shape index (κ2) is 4.26. The molecule has 1 saturated carbocycles. The average Bonchev–Trinajstić information content (AvgIpc) is 2.60. The van der Waals surface area contributed by atoms with E-state index >= 15 is 0 Å². The van der Waals surface area contributed by atoms with Gasteiger partial charge in [-0.15, -0.1) is 0 Å². The van der Waals surface area contributed by atoms with Crippen molar-refractivity contribution in [2.24, 2.45) is 0 Å². The number of nitrogens with zero attached hydrogens (tertiary/aromatic N) is 1. The van der Waals surface area contributed by atoms with Crippen molar-refractivity contribution in [3.63, 3.8) is 0 Å². The van der Waals surface area contributed by atoms with Crippen LogP contribution in [-0.4, -0.2) is 36.1 Å². The minimum absolute atomic E-state index is 0.446. The molecule has 1 unspecified atom stereocenters. The van der Waals surface area contributed by atoms with Crippen molar-refractivity contribution in [1.29, 1.82) is 0 Å². The lowest BCUT2D eigenvalue weighted by Gasteiger charge is -2.45. The Kier molecular flexibility index (Phi) is 3.17. The third kappa shape index (κ3) is 2.43. The SMILES string of the molecule is C=C(C)CN1CC2(CCCC2)NCC1C. The van der Waals surface area contributed by atoms with Crippen LogP contribution in [0.3, 0.4) is 0 Å². The summed E-state index contributed by atoms with van der Waals surface area (Å²) in [6.07, 6.45) is 5.55. The van der Waals surface area contributed by atoms with Crippen molar-refractivity contribution in [2.75, 3.05) is 19.6 Å². The molecule has 1 spiro atoms. The molecule has 1 saturated heterocycles. The van der Waals surface area contributed by atoms with Gasteiger partial charge in [0.1, 0.15) is 0 Å². The van der Waals surface area contributed by atoms with Crippen LogP contribution < -0.4 is 5.32 Å². The van der Waals surface area contributed by atoms with E-state index in [0.29, 0.717) is 11.6 Å². The van der Waals surface area contributed by atoms with Crippen LogP contribution in [0, 0.1) is 0 Å². The van der Waals surface area contributed by atoms with E-state index in [1.807, 2.05) is 0 Å². The molecule has 2 rings (SSSR count). The van der Waals surface area contributed by atoms with Gasteiger partial charge in [-0.25, -0.2) is 0 Å². The summed E-state index contributed by atoms with van der Waals surface area (Å²) in [5, 5.41) is 3.78. The molecule has 0 aromatic rings. The summed E-state index contributed by atoms with van der Waals surface area (Å²) in [5.41, 5.74) is 1.74. The first-order valence-corrected chi connectivity index (χ1v) is 6.25. The topological polar surface area (TPSA) is 15.3 Å². The molecule has 0 aromatic heterocycles. The Balaban J connectivity index is 2.00. The van der Waals surface area contributed by atoms with Gasteiger partial charge in [-0.05, 0) is 26.7 Å². The van der Waals surface area contributed by atoms with Gasteiger partial charge < -0.3 is 5.32 Å². The molecule has 0 radical (unpaired) electrons. The van der Waals surface area contributed by atoms with Crippen molar-refractivity contribution in [2.45, 2.75) is 51.1 Å². The summed E-state index contributed by atoms with van der Waals surface area (Å²) >= 11 is 0. The lowest BCUT2D eigenvalue weighted by atomic mass is 9.92. The maximum atomic E-state index is 4.04. The molecule has 2 heteroatoms. The standard InChI is InChI=1S/C13H24N2/c1-11(2)9-15-10-13(6-4-5-7-13)14-8-12(15)3/h12,14H,1,4-10H2,2-3H3. The van der Waals surface area contributed by atoms with Gasteiger partial charge in [-0.2, -0.15) is 0 Å². The van der Waals surface area contributed by atoms with Crippen molar-refractivity contribution < 1.29 is 0 Å².